The Morgan fingerprint density at radius 1 is 1.22 bits per heavy atom. The number of carboxylic acid groups (broad SMARTS) is 1. The zero-order valence-corrected chi connectivity index (χ0v) is 9.95. The normalized spacial score (nSPS) is 19.3. The lowest BCUT2D eigenvalue weighted by Gasteiger charge is -2.14. The first kappa shape index (κ1) is 12.4. The maximum Gasteiger partial charge on any atom is 0.328 e. The van der Waals surface area contributed by atoms with Gasteiger partial charge < -0.3 is 10.0 Å². The van der Waals surface area contributed by atoms with Gasteiger partial charge in [0.15, 0.2) is 0 Å². The molecule has 1 aliphatic heterocycles. The van der Waals surface area contributed by atoms with Crippen LogP contribution in [0.5, 0.6) is 0 Å². The summed E-state index contributed by atoms with van der Waals surface area (Å²) in [5.41, 5.74) is 1.23. The van der Waals surface area contributed by atoms with Crippen LogP contribution in [0.15, 0.2) is 42.5 Å². The van der Waals surface area contributed by atoms with Crippen LogP contribution < -0.4 is 0 Å². The molecule has 2 rings (SSSR count). The highest BCUT2D eigenvalue weighted by atomic mass is 16.4. The fourth-order valence-electron chi connectivity index (χ4n) is 2.21. The molecule has 1 aromatic rings. The molecule has 1 aliphatic rings. The van der Waals surface area contributed by atoms with Crippen molar-refractivity contribution in [1.29, 1.82) is 0 Å². The first-order chi connectivity index (χ1) is 8.66. The van der Waals surface area contributed by atoms with Gasteiger partial charge in [0.1, 0.15) is 0 Å². The van der Waals surface area contributed by atoms with Crippen molar-refractivity contribution in [2.45, 2.75) is 12.3 Å². The monoisotopic (exact) mass is 245 g/mol. The predicted octanol–water partition coefficient (Wildman–Crippen LogP) is 1.64. The topological polar surface area (TPSA) is 57.6 Å². The quantitative estimate of drug-likeness (QED) is 0.824. The van der Waals surface area contributed by atoms with E-state index in [-0.39, 0.29) is 5.91 Å². The number of benzene rings is 1. The van der Waals surface area contributed by atoms with Crippen LogP contribution in [0.4, 0.5) is 0 Å². The van der Waals surface area contributed by atoms with Gasteiger partial charge >= 0.3 is 5.97 Å². The van der Waals surface area contributed by atoms with E-state index < -0.39 is 5.97 Å². The van der Waals surface area contributed by atoms with Crippen molar-refractivity contribution >= 4 is 11.9 Å². The average Bonchev–Trinajstić information content (AvgIpc) is 2.86. The van der Waals surface area contributed by atoms with E-state index in [1.54, 1.807) is 4.90 Å². The molecule has 4 heteroatoms. The third-order valence-corrected chi connectivity index (χ3v) is 3.14. The van der Waals surface area contributed by atoms with Gasteiger partial charge in [0.25, 0.3) is 0 Å². The number of hydrogen-bond acceptors (Lipinski definition) is 2. The summed E-state index contributed by atoms with van der Waals surface area (Å²) in [7, 11) is 0. The standard InChI is InChI=1S/C14H15NO3/c16-13(6-7-14(17)18)15-9-8-12(10-15)11-4-2-1-3-5-11/h1-7,12H,8-10H2,(H,17,18)/b7-6+. The molecule has 0 spiro atoms. The van der Waals surface area contributed by atoms with E-state index in [4.69, 9.17) is 5.11 Å². The number of nitrogens with zero attached hydrogens (tertiary/aromatic N) is 1. The number of aliphatic carboxylic acids is 1. The molecule has 0 aliphatic carbocycles. The Bertz CT molecular complexity index is 467. The summed E-state index contributed by atoms with van der Waals surface area (Å²) < 4.78 is 0. The Morgan fingerprint density at radius 3 is 2.61 bits per heavy atom. The summed E-state index contributed by atoms with van der Waals surface area (Å²) in [4.78, 5) is 23.7. The van der Waals surface area contributed by atoms with Gasteiger partial charge in [-0.25, -0.2) is 4.79 Å². The van der Waals surface area contributed by atoms with Gasteiger partial charge in [-0.2, -0.15) is 0 Å². The first-order valence-electron chi connectivity index (χ1n) is 5.91. The molecule has 4 nitrogen and oxygen atoms in total. The van der Waals surface area contributed by atoms with Gasteiger partial charge in [0.05, 0.1) is 0 Å². The van der Waals surface area contributed by atoms with Gasteiger partial charge in [-0.3, -0.25) is 4.79 Å². The van der Waals surface area contributed by atoms with E-state index in [9.17, 15) is 9.59 Å². The van der Waals surface area contributed by atoms with Crippen LogP contribution in [0.2, 0.25) is 0 Å². The van der Waals surface area contributed by atoms with Crippen molar-refractivity contribution in [3.05, 3.63) is 48.0 Å². The summed E-state index contributed by atoms with van der Waals surface area (Å²) in [6.45, 7) is 1.34. The van der Waals surface area contributed by atoms with Crippen LogP contribution in [0.25, 0.3) is 0 Å². The number of hydrogen-bond donors (Lipinski definition) is 1. The molecule has 0 radical (unpaired) electrons. The summed E-state index contributed by atoms with van der Waals surface area (Å²) in [5, 5.41) is 8.48. The lowest BCUT2D eigenvalue weighted by molar-refractivity contribution is -0.132. The molecule has 0 bridgehead atoms. The first-order valence-corrected chi connectivity index (χ1v) is 5.91. The van der Waals surface area contributed by atoms with Crippen molar-refractivity contribution in [3.8, 4) is 0 Å². The molecular formula is C14H15NO3. The molecule has 1 saturated heterocycles. The molecule has 1 N–H and O–H groups in total. The largest absolute Gasteiger partial charge is 0.478 e. The number of carboxylic acids is 1. The summed E-state index contributed by atoms with van der Waals surface area (Å²) >= 11 is 0. The van der Waals surface area contributed by atoms with E-state index >= 15 is 0 Å². The fraction of sp³-hybridized carbons (Fsp3) is 0.286. The number of amides is 1. The Labute approximate surface area is 106 Å². The molecule has 18 heavy (non-hydrogen) atoms. The summed E-state index contributed by atoms with van der Waals surface area (Å²) in [6, 6.07) is 10.1. The van der Waals surface area contributed by atoms with E-state index in [0.29, 0.717) is 19.0 Å². The maximum atomic E-state index is 11.7. The molecule has 0 saturated carbocycles. The minimum absolute atomic E-state index is 0.226. The van der Waals surface area contributed by atoms with Gasteiger partial charge in [0, 0.05) is 31.2 Å². The molecule has 1 heterocycles. The number of rotatable bonds is 3. The molecule has 1 atom stereocenters. The Morgan fingerprint density at radius 2 is 1.94 bits per heavy atom. The SMILES string of the molecule is O=C(O)/C=C/C(=O)N1CCC(c2ccccc2)C1. The highest BCUT2D eigenvalue weighted by molar-refractivity contribution is 5.94. The fourth-order valence-corrected chi connectivity index (χ4v) is 2.21. The summed E-state index contributed by atoms with van der Waals surface area (Å²) in [5.74, 6) is -0.966. The smallest absolute Gasteiger partial charge is 0.328 e. The number of carbonyl (C=O) groups excluding carboxylic acids is 1. The molecule has 1 amide bonds. The number of carbonyl (C=O) groups is 2. The van der Waals surface area contributed by atoms with Crippen LogP contribution in [-0.4, -0.2) is 35.0 Å². The lowest BCUT2D eigenvalue weighted by atomic mass is 9.99. The van der Waals surface area contributed by atoms with E-state index in [0.717, 1.165) is 18.6 Å². The van der Waals surface area contributed by atoms with E-state index in [2.05, 4.69) is 12.1 Å². The molecule has 1 unspecified atom stereocenters. The Balaban J connectivity index is 1.96. The average molecular weight is 245 g/mol. The van der Waals surface area contributed by atoms with Crippen molar-refractivity contribution < 1.29 is 14.7 Å². The second-order valence-electron chi connectivity index (χ2n) is 4.35. The zero-order chi connectivity index (χ0) is 13.0. The number of likely N-dealkylation sites (tertiary alicyclic amines) is 1. The van der Waals surface area contributed by atoms with Crippen LogP contribution in [-0.2, 0) is 9.59 Å². The van der Waals surface area contributed by atoms with Crippen LogP contribution in [0, 0.1) is 0 Å². The second-order valence-corrected chi connectivity index (χ2v) is 4.35. The van der Waals surface area contributed by atoms with Crippen LogP contribution >= 0.6 is 0 Å². The van der Waals surface area contributed by atoms with Gasteiger partial charge in [-0.1, -0.05) is 30.3 Å². The summed E-state index contributed by atoms with van der Waals surface area (Å²) in [6.07, 6.45) is 2.94. The van der Waals surface area contributed by atoms with Gasteiger partial charge in [0.2, 0.25) is 5.91 Å². The molecule has 0 aromatic heterocycles. The molecule has 94 valence electrons. The zero-order valence-electron chi connectivity index (χ0n) is 9.95. The van der Waals surface area contributed by atoms with Crippen molar-refractivity contribution in [3.63, 3.8) is 0 Å². The van der Waals surface area contributed by atoms with Gasteiger partial charge in [-0.05, 0) is 12.0 Å². The molecule has 1 aromatic carbocycles. The van der Waals surface area contributed by atoms with E-state index in [1.165, 1.54) is 5.56 Å². The lowest BCUT2D eigenvalue weighted by Crippen LogP contribution is -2.26. The highest BCUT2D eigenvalue weighted by Crippen LogP contribution is 2.26. The maximum absolute atomic E-state index is 11.7. The Hall–Kier alpha value is -2.10. The minimum Gasteiger partial charge on any atom is -0.478 e. The minimum atomic E-state index is -1.10. The van der Waals surface area contributed by atoms with Crippen molar-refractivity contribution in [1.82, 2.24) is 4.90 Å². The van der Waals surface area contributed by atoms with Crippen molar-refractivity contribution in [2.75, 3.05) is 13.1 Å². The highest BCUT2D eigenvalue weighted by Gasteiger charge is 2.25. The Kier molecular flexibility index (Phi) is 3.77. The van der Waals surface area contributed by atoms with Gasteiger partial charge in [-0.15, -0.1) is 0 Å². The third kappa shape index (κ3) is 2.97. The second kappa shape index (κ2) is 5.49. The van der Waals surface area contributed by atoms with E-state index in [1.807, 2.05) is 18.2 Å². The molecular weight excluding hydrogens is 230 g/mol. The molecule has 1 fully saturated rings. The predicted molar refractivity (Wildman–Crippen MR) is 67.2 cm³/mol. The van der Waals surface area contributed by atoms with Crippen molar-refractivity contribution in [2.24, 2.45) is 0 Å². The van der Waals surface area contributed by atoms with Crippen LogP contribution in [0.1, 0.15) is 17.9 Å². The van der Waals surface area contributed by atoms with Crippen LogP contribution in [0.3, 0.4) is 0 Å². The third-order valence-electron chi connectivity index (χ3n) is 3.14.